The summed E-state index contributed by atoms with van der Waals surface area (Å²) in [6.07, 6.45) is 3.78. The third kappa shape index (κ3) is 5.47. The Morgan fingerprint density at radius 1 is 1.24 bits per heavy atom. The van der Waals surface area contributed by atoms with E-state index >= 15 is 0 Å². The molecule has 3 atom stereocenters. The molecule has 0 saturated carbocycles. The zero-order valence-corrected chi connectivity index (χ0v) is 16.8. The van der Waals surface area contributed by atoms with Gasteiger partial charge in [0.2, 0.25) is 0 Å². The lowest BCUT2D eigenvalue weighted by atomic mass is 9.80. The van der Waals surface area contributed by atoms with Crippen LogP contribution < -0.4 is 0 Å². The van der Waals surface area contributed by atoms with Crippen LogP contribution in [0.4, 0.5) is 8.78 Å². The van der Waals surface area contributed by atoms with Crippen LogP contribution in [0.15, 0.2) is 53.6 Å². The number of allylic oxidation sites excluding steroid dienone is 1. The number of ketones is 1. The zero-order valence-electron chi connectivity index (χ0n) is 16.8. The van der Waals surface area contributed by atoms with E-state index in [1.54, 1.807) is 13.0 Å². The maximum Gasteiger partial charge on any atom is 0.177 e. The number of ether oxygens (including phenoxy) is 3. The second-order valence-corrected chi connectivity index (χ2v) is 7.57. The van der Waals surface area contributed by atoms with E-state index in [0.29, 0.717) is 25.0 Å². The first-order valence-electron chi connectivity index (χ1n) is 9.69. The number of carbonyl (C=O) groups is 1. The molecule has 0 amide bonds. The number of halogens is 2. The van der Waals surface area contributed by atoms with E-state index in [4.69, 9.17) is 14.2 Å². The monoisotopic (exact) mass is 404 g/mol. The Morgan fingerprint density at radius 3 is 2.66 bits per heavy atom. The van der Waals surface area contributed by atoms with Gasteiger partial charge in [-0.05, 0) is 55.7 Å². The third-order valence-corrected chi connectivity index (χ3v) is 5.16. The minimum Gasteiger partial charge on any atom is -0.372 e. The molecule has 0 fully saturated rings. The van der Waals surface area contributed by atoms with E-state index in [1.165, 1.54) is 18.2 Å². The Labute approximate surface area is 169 Å². The molecule has 0 radical (unpaired) electrons. The molecule has 6 heteroatoms. The molecule has 0 spiro atoms. The summed E-state index contributed by atoms with van der Waals surface area (Å²) >= 11 is 0. The lowest BCUT2D eigenvalue weighted by Gasteiger charge is -2.37. The highest BCUT2D eigenvalue weighted by atomic mass is 19.1. The van der Waals surface area contributed by atoms with Gasteiger partial charge in [-0.15, -0.1) is 6.58 Å². The lowest BCUT2D eigenvalue weighted by Crippen LogP contribution is -2.39. The number of fused-ring (bicyclic) bond motifs is 1. The number of hydrogen-bond acceptors (Lipinski definition) is 4. The van der Waals surface area contributed by atoms with Crippen molar-refractivity contribution in [2.75, 3.05) is 13.2 Å². The molecule has 29 heavy (non-hydrogen) atoms. The zero-order chi connectivity index (χ0) is 21.0. The van der Waals surface area contributed by atoms with Crippen LogP contribution in [0.3, 0.4) is 0 Å². The van der Waals surface area contributed by atoms with E-state index < -0.39 is 17.9 Å². The number of hydrogen-bond donors (Lipinski definition) is 0. The second-order valence-electron chi connectivity index (χ2n) is 7.57. The molecule has 0 aromatic heterocycles. The smallest absolute Gasteiger partial charge is 0.177 e. The second kappa shape index (κ2) is 9.57. The Hall–Kier alpha value is -2.15. The van der Waals surface area contributed by atoms with Crippen molar-refractivity contribution in [2.45, 2.75) is 45.7 Å². The number of Topliss-reactive ketones (excluding diaryl/α,β-unsaturated/α-hetero) is 1. The minimum absolute atomic E-state index is 0.0579. The van der Waals surface area contributed by atoms with Crippen molar-refractivity contribution in [2.24, 2.45) is 5.92 Å². The SMILES string of the molecule is C=C(C)CCOC1C=C(COCc2c(F)cccc2F)[C@H]2CC(=O)C(C)=CC2O1. The summed E-state index contributed by atoms with van der Waals surface area (Å²) in [7, 11) is 0. The normalized spacial score (nSPS) is 24.0. The van der Waals surface area contributed by atoms with Gasteiger partial charge >= 0.3 is 0 Å². The van der Waals surface area contributed by atoms with Crippen molar-refractivity contribution in [3.63, 3.8) is 0 Å². The highest BCUT2D eigenvalue weighted by Gasteiger charge is 2.37. The van der Waals surface area contributed by atoms with Crippen LogP contribution in [0.25, 0.3) is 0 Å². The number of benzene rings is 1. The summed E-state index contributed by atoms with van der Waals surface area (Å²) in [5.41, 5.74) is 2.41. The quantitative estimate of drug-likeness (QED) is 0.592. The molecule has 3 rings (SSSR count). The molecule has 1 aromatic rings. The van der Waals surface area contributed by atoms with Crippen molar-refractivity contribution in [3.8, 4) is 0 Å². The van der Waals surface area contributed by atoms with E-state index in [-0.39, 0.29) is 36.6 Å². The summed E-state index contributed by atoms with van der Waals surface area (Å²) in [5.74, 6) is -1.40. The van der Waals surface area contributed by atoms with Gasteiger partial charge in [0.15, 0.2) is 12.1 Å². The molecule has 0 bridgehead atoms. The van der Waals surface area contributed by atoms with Crippen molar-refractivity contribution in [1.82, 2.24) is 0 Å². The van der Waals surface area contributed by atoms with Crippen LogP contribution >= 0.6 is 0 Å². The van der Waals surface area contributed by atoms with Crippen LogP contribution in [-0.4, -0.2) is 31.4 Å². The first kappa shape index (κ1) is 21.6. The summed E-state index contributed by atoms with van der Waals surface area (Å²) < 4.78 is 45.0. The van der Waals surface area contributed by atoms with Crippen molar-refractivity contribution < 1.29 is 27.8 Å². The molecule has 4 nitrogen and oxygen atoms in total. The van der Waals surface area contributed by atoms with Gasteiger partial charge in [0.25, 0.3) is 0 Å². The van der Waals surface area contributed by atoms with Crippen LogP contribution in [0.5, 0.6) is 0 Å². The fourth-order valence-corrected chi connectivity index (χ4v) is 3.43. The number of carbonyl (C=O) groups excluding carboxylic acids is 1. The molecule has 1 aliphatic heterocycles. The number of rotatable bonds is 8. The fourth-order valence-electron chi connectivity index (χ4n) is 3.43. The molecule has 0 saturated heterocycles. The summed E-state index contributed by atoms with van der Waals surface area (Å²) in [6.45, 7) is 7.96. The van der Waals surface area contributed by atoms with Gasteiger partial charge < -0.3 is 14.2 Å². The van der Waals surface area contributed by atoms with Crippen LogP contribution in [-0.2, 0) is 25.6 Å². The van der Waals surface area contributed by atoms with Gasteiger partial charge in [0.1, 0.15) is 11.6 Å². The molecular formula is C23H26F2O4. The lowest BCUT2D eigenvalue weighted by molar-refractivity contribution is -0.154. The molecule has 156 valence electrons. The van der Waals surface area contributed by atoms with Crippen molar-refractivity contribution in [1.29, 1.82) is 0 Å². The molecule has 1 heterocycles. The third-order valence-electron chi connectivity index (χ3n) is 5.16. The summed E-state index contributed by atoms with van der Waals surface area (Å²) in [6, 6.07) is 3.71. The molecule has 1 aromatic carbocycles. The van der Waals surface area contributed by atoms with Gasteiger partial charge in [0, 0.05) is 17.9 Å². The minimum atomic E-state index is -0.642. The van der Waals surface area contributed by atoms with Gasteiger partial charge in [-0.25, -0.2) is 8.78 Å². The Kier molecular flexibility index (Phi) is 7.11. The first-order valence-corrected chi connectivity index (χ1v) is 9.69. The van der Waals surface area contributed by atoms with Gasteiger partial charge in [-0.3, -0.25) is 4.79 Å². The predicted octanol–water partition coefficient (Wildman–Crippen LogP) is 4.65. The van der Waals surface area contributed by atoms with Gasteiger partial charge in [-0.2, -0.15) is 0 Å². The standard InChI is InChI=1S/C23H26F2O4/c1-14(2)7-8-28-23-10-16(17-11-21(26)15(3)9-22(17)29-23)12-27-13-18-19(24)5-4-6-20(18)25/h4-6,9-10,17,22-23H,1,7-8,11-13H2,2-3H3/t17-,22?,23?/m1/s1. The summed E-state index contributed by atoms with van der Waals surface area (Å²) in [5, 5.41) is 0. The maximum absolute atomic E-state index is 13.8. The van der Waals surface area contributed by atoms with Crippen molar-refractivity contribution >= 4 is 5.78 Å². The molecule has 2 unspecified atom stereocenters. The molecular weight excluding hydrogens is 378 g/mol. The van der Waals surface area contributed by atoms with Gasteiger partial charge in [0.05, 0.1) is 25.9 Å². The average molecular weight is 404 g/mol. The maximum atomic E-state index is 13.8. The largest absolute Gasteiger partial charge is 0.372 e. The Morgan fingerprint density at radius 2 is 1.97 bits per heavy atom. The van der Waals surface area contributed by atoms with Crippen molar-refractivity contribution in [3.05, 3.63) is 70.8 Å². The van der Waals surface area contributed by atoms with Gasteiger partial charge in [-0.1, -0.05) is 11.6 Å². The van der Waals surface area contributed by atoms with Crippen LogP contribution in [0, 0.1) is 17.6 Å². The van der Waals surface area contributed by atoms with E-state index in [9.17, 15) is 13.6 Å². The molecule has 1 aliphatic carbocycles. The average Bonchev–Trinajstić information content (AvgIpc) is 2.65. The van der Waals surface area contributed by atoms with E-state index in [1.807, 2.05) is 13.0 Å². The Balaban J connectivity index is 1.70. The highest BCUT2D eigenvalue weighted by molar-refractivity contribution is 5.96. The van der Waals surface area contributed by atoms with Crippen LogP contribution in [0.1, 0.15) is 32.3 Å². The molecule has 2 aliphatic rings. The van der Waals surface area contributed by atoms with Crippen LogP contribution in [0.2, 0.25) is 0 Å². The molecule has 0 N–H and O–H groups in total. The highest BCUT2D eigenvalue weighted by Crippen LogP contribution is 2.35. The van der Waals surface area contributed by atoms with E-state index in [2.05, 4.69) is 6.58 Å². The van der Waals surface area contributed by atoms with E-state index in [0.717, 1.165) is 11.1 Å². The fraction of sp³-hybridized carbons (Fsp3) is 0.435. The Bertz CT molecular complexity index is 823. The predicted molar refractivity (Wildman–Crippen MR) is 105 cm³/mol. The first-order chi connectivity index (χ1) is 13.8. The summed E-state index contributed by atoms with van der Waals surface area (Å²) in [4.78, 5) is 12.2. The topological polar surface area (TPSA) is 44.8 Å².